The van der Waals surface area contributed by atoms with E-state index in [-0.39, 0.29) is 23.3 Å². The van der Waals surface area contributed by atoms with Crippen LogP contribution in [-0.4, -0.2) is 21.6 Å². The summed E-state index contributed by atoms with van der Waals surface area (Å²) < 4.78 is 20.8. The van der Waals surface area contributed by atoms with E-state index in [0.29, 0.717) is 22.2 Å². The second kappa shape index (κ2) is 11.9. The lowest BCUT2D eigenvalue weighted by Gasteiger charge is -2.16. The molecule has 6 rings (SSSR count). The first-order chi connectivity index (χ1) is 21.3. The molecule has 5 aromatic carbocycles. The maximum Gasteiger partial charge on any atom is 0.420 e. The van der Waals surface area contributed by atoms with Crippen LogP contribution >= 0.6 is 0 Å². The lowest BCUT2D eigenvalue weighted by Crippen LogP contribution is -2.28. The molecule has 0 unspecified atom stereocenters. The summed E-state index contributed by atoms with van der Waals surface area (Å²) in [6, 6.07) is 32.7. The van der Waals surface area contributed by atoms with Gasteiger partial charge in [-0.2, -0.15) is 0 Å². The number of rotatable bonds is 8. The second-order valence-corrected chi connectivity index (χ2v) is 10.5. The number of oxazole rings is 1. The Hall–Kier alpha value is -5.76. The Balaban J connectivity index is 1.39. The Morgan fingerprint density at radius 2 is 1.43 bits per heavy atom. The van der Waals surface area contributed by atoms with E-state index >= 15 is 0 Å². The van der Waals surface area contributed by atoms with Gasteiger partial charge in [0, 0.05) is 0 Å². The number of carbonyl (C=O) groups excluding carboxylic acids is 1. The predicted molar refractivity (Wildman–Crippen MR) is 166 cm³/mol. The average Bonchev–Trinajstić information content (AvgIpc) is 3.35. The molecule has 8 heteroatoms. The summed E-state index contributed by atoms with van der Waals surface area (Å²) in [5.41, 5.74) is 5.79. The predicted octanol–water partition coefficient (Wildman–Crippen LogP) is 7.31. The molecule has 218 valence electrons. The van der Waals surface area contributed by atoms with Gasteiger partial charge in [0.1, 0.15) is 11.3 Å². The topological polar surface area (TPSA) is 102 Å². The molecule has 1 amide bonds. The van der Waals surface area contributed by atoms with Crippen LogP contribution in [0.4, 0.5) is 4.39 Å². The van der Waals surface area contributed by atoms with Crippen molar-refractivity contribution in [3.63, 3.8) is 0 Å². The average molecular weight is 587 g/mol. The minimum absolute atomic E-state index is 0.139. The van der Waals surface area contributed by atoms with Gasteiger partial charge < -0.3 is 14.8 Å². The van der Waals surface area contributed by atoms with Crippen molar-refractivity contribution in [3.05, 3.63) is 154 Å². The first-order valence-electron chi connectivity index (χ1n) is 14.0. The highest BCUT2D eigenvalue weighted by Crippen LogP contribution is 2.29. The molecule has 1 aromatic heterocycles. The number of nitrogens with zero attached hydrogens (tertiary/aromatic N) is 1. The third kappa shape index (κ3) is 5.78. The normalized spacial score (nSPS) is 11.8. The SMILES string of the molecule is C[C@H](NC(=O)c1cc(-c2ccc(F)cc2)cc2oc(=O)n(Cc3ccc(-c4ccccc4)cc3)c12)c1ccc(C(=O)O)cc1. The molecule has 0 fully saturated rings. The van der Waals surface area contributed by atoms with Gasteiger partial charge in [-0.15, -0.1) is 0 Å². The van der Waals surface area contributed by atoms with Gasteiger partial charge in [-0.05, 0) is 76.7 Å². The van der Waals surface area contributed by atoms with Gasteiger partial charge in [0.25, 0.3) is 5.91 Å². The Morgan fingerprint density at radius 3 is 2.09 bits per heavy atom. The molecule has 0 aliphatic heterocycles. The van der Waals surface area contributed by atoms with Crippen LogP contribution < -0.4 is 11.1 Å². The van der Waals surface area contributed by atoms with Crippen LogP contribution in [0.15, 0.2) is 124 Å². The van der Waals surface area contributed by atoms with E-state index in [0.717, 1.165) is 16.7 Å². The lowest BCUT2D eigenvalue weighted by atomic mass is 10.0. The fourth-order valence-corrected chi connectivity index (χ4v) is 5.22. The quantitative estimate of drug-likeness (QED) is 0.195. The van der Waals surface area contributed by atoms with Crippen LogP contribution in [0.25, 0.3) is 33.4 Å². The smallest absolute Gasteiger partial charge is 0.420 e. The molecule has 0 radical (unpaired) electrons. The molecule has 0 aliphatic rings. The molecule has 0 spiro atoms. The highest BCUT2D eigenvalue weighted by atomic mass is 19.1. The van der Waals surface area contributed by atoms with Gasteiger partial charge >= 0.3 is 11.7 Å². The van der Waals surface area contributed by atoms with Crippen molar-refractivity contribution in [2.24, 2.45) is 0 Å². The molecule has 1 atom stereocenters. The minimum atomic E-state index is -1.04. The standard InChI is InChI=1S/C36H27FN2O5/c1-22(24-11-13-28(14-12-24)35(41)42)38-34(40)31-19-29(27-15-17-30(37)18-16-27)20-32-33(31)39(36(43)44-32)21-23-7-9-26(10-8-23)25-5-3-2-4-6-25/h2-20,22H,21H2,1H3,(H,38,40)(H,41,42)/t22-/m0/s1. The molecule has 0 bridgehead atoms. The van der Waals surface area contributed by atoms with Crippen molar-refractivity contribution in [2.45, 2.75) is 19.5 Å². The fraction of sp³-hybridized carbons (Fsp3) is 0.0833. The van der Waals surface area contributed by atoms with Crippen molar-refractivity contribution in [1.29, 1.82) is 0 Å². The lowest BCUT2D eigenvalue weighted by molar-refractivity contribution is 0.0696. The highest BCUT2D eigenvalue weighted by molar-refractivity contribution is 6.06. The van der Waals surface area contributed by atoms with E-state index in [9.17, 15) is 23.9 Å². The molecule has 1 heterocycles. The number of carboxylic acids is 1. The van der Waals surface area contributed by atoms with Crippen molar-refractivity contribution in [3.8, 4) is 22.3 Å². The van der Waals surface area contributed by atoms with Crippen molar-refractivity contribution >= 4 is 23.0 Å². The first kappa shape index (κ1) is 28.4. The number of hydrogen-bond acceptors (Lipinski definition) is 4. The van der Waals surface area contributed by atoms with Gasteiger partial charge in [0.2, 0.25) is 0 Å². The van der Waals surface area contributed by atoms with E-state index in [1.807, 2.05) is 54.6 Å². The number of carbonyl (C=O) groups is 2. The summed E-state index contributed by atoms with van der Waals surface area (Å²) in [6.45, 7) is 1.95. The molecule has 0 saturated heterocycles. The summed E-state index contributed by atoms with van der Waals surface area (Å²) in [7, 11) is 0. The fourth-order valence-electron chi connectivity index (χ4n) is 5.22. The zero-order valence-corrected chi connectivity index (χ0v) is 23.7. The maximum absolute atomic E-state index is 13.8. The summed E-state index contributed by atoms with van der Waals surface area (Å²) in [5, 5.41) is 12.2. The summed E-state index contributed by atoms with van der Waals surface area (Å²) >= 11 is 0. The van der Waals surface area contributed by atoms with E-state index in [1.54, 1.807) is 43.3 Å². The molecule has 0 saturated carbocycles. The largest absolute Gasteiger partial charge is 0.478 e. The van der Waals surface area contributed by atoms with Crippen LogP contribution in [0.5, 0.6) is 0 Å². The number of benzene rings is 5. The van der Waals surface area contributed by atoms with Gasteiger partial charge in [-0.3, -0.25) is 9.36 Å². The van der Waals surface area contributed by atoms with Gasteiger partial charge in [-0.1, -0.05) is 78.9 Å². The van der Waals surface area contributed by atoms with Gasteiger partial charge in [0.15, 0.2) is 5.58 Å². The number of carboxylic acid groups (broad SMARTS) is 1. The molecule has 2 N–H and O–H groups in total. The highest BCUT2D eigenvalue weighted by Gasteiger charge is 2.22. The molecule has 6 aromatic rings. The molecule has 0 aliphatic carbocycles. The number of aromatic nitrogens is 1. The maximum atomic E-state index is 13.8. The van der Waals surface area contributed by atoms with Gasteiger partial charge in [0.05, 0.1) is 23.7 Å². The van der Waals surface area contributed by atoms with Crippen LogP contribution in [0.2, 0.25) is 0 Å². The van der Waals surface area contributed by atoms with Gasteiger partial charge in [-0.25, -0.2) is 14.0 Å². The van der Waals surface area contributed by atoms with Crippen LogP contribution in [0.3, 0.4) is 0 Å². The molecule has 44 heavy (non-hydrogen) atoms. The molecular weight excluding hydrogens is 559 g/mol. The second-order valence-electron chi connectivity index (χ2n) is 10.5. The van der Waals surface area contributed by atoms with Crippen LogP contribution in [0, 0.1) is 5.82 Å². The van der Waals surface area contributed by atoms with Crippen molar-refractivity contribution < 1.29 is 23.5 Å². The van der Waals surface area contributed by atoms with E-state index < -0.39 is 29.5 Å². The number of nitrogens with one attached hydrogen (secondary N) is 1. The Labute approximate surface area is 251 Å². The monoisotopic (exact) mass is 586 g/mol. The summed E-state index contributed by atoms with van der Waals surface area (Å²) in [5.74, 6) is -2.51. The summed E-state index contributed by atoms with van der Waals surface area (Å²) in [6.07, 6.45) is 0. The number of fused-ring (bicyclic) bond motifs is 1. The van der Waals surface area contributed by atoms with Crippen LogP contribution in [0.1, 0.15) is 44.8 Å². The molecule has 7 nitrogen and oxygen atoms in total. The van der Waals surface area contributed by atoms with E-state index in [4.69, 9.17) is 4.42 Å². The summed E-state index contributed by atoms with van der Waals surface area (Å²) in [4.78, 5) is 38.3. The minimum Gasteiger partial charge on any atom is -0.478 e. The number of amides is 1. The third-order valence-corrected chi connectivity index (χ3v) is 7.59. The molecular formula is C36H27FN2O5. The third-order valence-electron chi connectivity index (χ3n) is 7.59. The van der Waals surface area contributed by atoms with Crippen molar-refractivity contribution in [1.82, 2.24) is 9.88 Å². The van der Waals surface area contributed by atoms with E-state index in [1.165, 1.54) is 28.8 Å². The Kier molecular flexibility index (Phi) is 7.64. The number of aromatic carboxylic acids is 1. The number of halogens is 1. The van der Waals surface area contributed by atoms with Crippen molar-refractivity contribution in [2.75, 3.05) is 0 Å². The first-order valence-corrected chi connectivity index (χ1v) is 14.0. The van der Waals surface area contributed by atoms with E-state index in [2.05, 4.69) is 5.32 Å². The zero-order chi connectivity index (χ0) is 30.8. The zero-order valence-electron chi connectivity index (χ0n) is 23.7. The Bertz CT molecular complexity index is 2030. The Morgan fingerprint density at radius 1 is 0.818 bits per heavy atom. The van der Waals surface area contributed by atoms with Crippen LogP contribution in [-0.2, 0) is 6.54 Å². The number of hydrogen-bond donors (Lipinski definition) is 2.